The van der Waals surface area contributed by atoms with Crippen LogP contribution in [-0.4, -0.2) is 0 Å². The van der Waals surface area contributed by atoms with Crippen molar-refractivity contribution in [2.24, 2.45) is 0 Å². The van der Waals surface area contributed by atoms with E-state index in [1.165, 1.54) is 105 Å². The van der Waals surface area contributed by atoms with Crippen molar-refractivity contribution in [2.45, 2.75) is 0 Å². The molecule has 0 N–H and O–H groups in total. The summed E-state index contributed by atoms with van der Waals surface area (Å²) in [6, 6.07) is 74.0. The van der Waals surface area contributed by atoms with Crippen LogP contribution in [0.15, 0.2) is 200 Å². The lowest BCUT2D eigenvalue weighted by Gasteiger charge is -2.29. The third kappa shape index (κ3) is 5.41. The third-order valence-electron chi connectivity index (χ3n) is 11.5. The van der Waals surface area contributed by atoms with Crippen molar-refractivity contribution in [3.8, 4) is 33.4 Å². The number of hydrogen-bond acceptors (Lipinski definition) is 4. The number of rotatable bonds is 6. The zero-order chi connectivity index (χ0) is 38.2. The summed E-state index contributed by atoms with van der Waals surface area (Å²) in [5, 5.41) is 7.69. The molecule has 12 aromatic rings. The molecule has 0 atom stereocenters. The molecular formula is C54H33NS3. The smallest absolute Gasteiger partial charge is 0.0561 e. The lowest BCUT2D eigenvalue weighted by atomic mass is 9.97. The topological polar surface area (TPSA) is 3.24 Å². The van der Waals surface area contributed by atoms with Gasteiger partial charge in [-0.1, -0.05) is 146 Å². The first-order valence-electron chi connectivity index (χ1n) is 19.6. The molecule has 272 valence electrons. The number of fused-ring (bicyclic) bond motifs is 9. The molecular weight excluding hydrogens is 759 g/mol. The number of nitrogens with zero attached hydrogens (tertiary/aromatic N) is 1. The summed E-state index contributed by atoms with van der Waals surface area (Å²) in [6.07, 6.45) is 0. The van der Waals surface area contributed by atoms with Crippen LogP contribution in [0.25, 0.3) is 93.9 Å². The van der Waals surface area contributed by atoms with E-state index in [1.807, 2.05) is 34.0 Å². The largest absolute Gasteiger partial charge is 0.309 e. The Kier molecular flexibility index (Phi) is 7.83. The Hall–Kier alpha value is -6.56. The van der Waals surface area contributed by atoms with Gasteiger partial charge in [0.1, 0.15) is 0 Å². The van der Waals surface area contributed by atoms with Gasteiger partial charge in [-0.3, -0.25) is 0 Å². The van der Waals surface area contributed by atoms with Crippen LogP contribution < -0.4 is 4.90 Å². The molecule has 58 heavy (non-hydrogen) atoms. The molecule has 0 bridgehead atoms. The van der Waals surface area contributed by atoms with Gasteiger partial charge in [-0.15, -0.1) is 34.0 Å². The van der Waals surface area contributed by atoms with Gasteiger partial charge in [0.2, 0.25) is 0 Å². The molecule has 0 aliphatic heterocycles. The van der Waals surface area contributed by atoms with Crippen molar-refractivity contribution in [2.75, 3.05) is 4.90 Å². The maximum absolute atomic E-state index is 2.58. The van der Waals surface area contributed by atoms with Gasteiger partial charge in [0.25, 0.3) is 0 Å². The van der Waals surface area contributed by atoms with E-state index in [4.69, 9.17) is 0 Å². The SMILES string of the molecule is c1ccc(-c2ccc3c(c2)sc2c(-c4ccccc4)ccc(N(c4ccc5sc6ccccc6c5c4)c4cc(-c5ccccc5)cc5sc6ccccc6c45)c23)cc1. The van der Waals surface area contributed by atoms with Crippen molar-refractivity contribution < 1.29 is 0 Å². The molecule has 3 aromatic heterocycles. The molecule has 0 aliphatic carbocycles. The maximum atomic E-state index is 2.58. The van der Waals surface area contributed by atoms with E-state index in [9.17, 15) is 0 Å². The Labute approximate surface area is 347 Å². The average Bonchev–Trinajstić information content (AvgIpc) is 3.98. The number of hydrogen-bond donors (Lipinski definition) is 0. The summed E-state index contributed by atoms with van der Waals surface area (Å²) in [5.74, 6) is 0. The van der Waals surface area contributed by atoms with Crippen LogP contribution in [0.1, 0.15) is 0 Å². The summed E-state index contributed by atoms with van der Waals surface area (Å²) < 4.78 is 7.76. The Balaban J connectivity index is 1.22. The van der Waals surface area contributed by atoms with E-state index in [-0.39, 0.29) is 0 Å². The quantitative estimate of drug-likeness (QED) is 0.162. The molecule has 0 saturated heterocycles. The van der Waals surface area contributed by atoms with Crippen molar-refractivity contribution in [1.29, 1.82) is 0 Å². The zero-order valence-corrected chi connectivity index (χ0v) is 33.7. The van der Waals surface area contributed by atoms with Crippen molar-refractivity contribution >= 4 is 112 Å². The van der Waals surface area contributed by atoms with Gasteiger partial charge in [-0.2, -0.15) is 0 Å². The van der Waals surface area contributed by atoms with E-state index in [0.29, 0.717) is 0 Å². The van der Waals surface area contributed by atoms with Crippen molar-refractivity contribution in [3.05, 3.63) is 200 Å². The first-order valence-corrected chi connectivity index (χ1v) is 22.0. The van der Waals surface area contributed by atoms with Crippen LogP contribution >= 0.6 is 34.0 Å². The Morgan fingerprint density at radius 3 is 1.64 bits per heavy atom. The monoisotopic (exact) mass is 791 g/mol. The minimum atomic E-state index is 1.15. The van der Waals surface area contributed by atoms with Gasteiger partial charge in [-0.25, -0.2) is 0 Å². The molecule has 0 amide bonds. The second-order valence-corrected chi connectivity index (χ2v) is 18.0. The molecule has 0 aliphatic rings. The lowest BCUT2D eigenvalue weighted by Crippen LogP contribution is -2.11. The fraction of sp³-hybridized carbons (Fsp3) is 0. The molecule has 3 heterocycles. The van der Waals surface area contributed by atoms with E-state index < -0.39 is 0 Å². The summed E-state index contributed by atoms with van der Waals surface area (Å²) in [4.78, 5) is 2.58. The van der Waals surface area contributed by atoms with Crippen molar-refractivity contribution in [1.82, 2.24) is 0 Å². The number of anilines is 3. The standard InChI is InChI=1S/C54H33NS3/c1-4-14-34(15-5-1)37-24-26-43-50(31-37)58-54-40(36-18-8-3-9-19-36)27-28-45(53(43)54)55(39-25-29-49-44(33-39)41-20-10-12-22-47(41)56-49)46-30-38(35-16-6-2-7-17-35)32-51-52(46)42-21-11-13-23-48(42)57-51/h1-33H. The van der Waals surface area contributed by atoms with Gasteiger partial charge in [0, 0.05) is 66.2 Å². The van der Waals surface area contributed by atoms with E-state index in [0.717, 1.165) is 5.69 Å². The lowest BCUT2D eigenvalue weighted by molar-refractivity contribution is 1.33. The highest BCUT2D eigenvalue weighted by Gasteiger charge is 2.25. The van der Waals surface area contributed by atoms with Crippen LogP contribution in [0.2, 0.25) is 0 Å². The third-order valence-corrected chi connectivity index (χ3v) is 14.9. The van der Waals surface area contributed by atoms with Crippen molar-refractivity contribution in [3.63, 3.8) is 0 Å². The average molecular weight is 792 g/mol. The van der Waals surface area contributed by atoms with E-state index in [1.54, 1.807) is 0 Å². The molecule has 0 fully saturated rings. The van der Waals surface area contributed by atoms with Crippen LogP contribution in [-0.2, 0) is 0 Å². The molecule has 9 aromatic carbocycles. The van der Waals surface area contributed by atoms with Crippen LogP contribution in [0.3, 0.4) is 0 Å². The fourth-order valence-electron chi connectivity index (χ4n) is 8.77. The maximum Gasteiger partial charge on any atom is 0.0561 e. The summed E-state index contributed by atoms with van der Waals surface area (Å²) in [7, 11) is 0. The highest BCUT2D eigenvalue weighted by Crippen LogP contribution is 2.53. The molecule has 0 saturated carbocycles. The predicted molar refractivity (Wildman–Crippen MR) is 256 cm³/mol. The van der Waals surface area contributed by atoms with Gasteiger partial charge in [-0.05, 0) is 88.0 Å². The van der Waals surface area contributed by atoms with Gasteiger partial charge in [0.05, 0.1) is 11.4 Å². The van der Waals surface area contributed by atoms with Crippen LogP contribution in [0.4, 0.5) is 17.1 Å². The first kappa shape index (κ1) is 33.6. The molecule has 1 nitrogen and oxygen atoms in total. The summed E-state index contributed by atoms with van der Waals surface area (Å²) in [6.45, 7) is 0. The predicted octanol–water partition coefficient (Wildman–Crippen LogP) is 17.3. The number of thiophene rings is 3. The Morgan fingerprint density at radius 2 is 0.879 bits per heavy atom. The first-order chi connectivity index (χ1) is 28.7. The van der Waals surface area contributed by atoms with Gasteiger partial charge >= 0.3 is 0 Å². The molecule has 0 spiro atoms. The fourth-order valence-corrected chi connectivity index (χ4v) is 12.3. The Morgan fingerprint density at radius 1 is 0.293 bits per heavy atom. The van der Waals surface area contributed by atoms with Gasteiger partial charge in [0.15, 0.2) is 0 Å². The second-order valence-electron chi connectivity index (χ2n) is 14.8. The summed E-state index contributed by atoms with van der Waals surface area (Å²) >= 11 is 5.66. The normalized spacial score (nSPS) is 11.8. The molecule has 0 unspecified atom stereocenters. The molecule has 0 radical (unpaired) electrons. The van der Waals surface area contributed by atoms with Crippen LogP contribution in [0.5, 0.6) is 0 Å². The number of benzene rings is 9. The molecule has 4 heteroatoms. The summed E-state index contributed by atoms with van der Waals surface area (Å²) in [5.41, 5.74) is 10.9. The highest BCUT2D eigenvalue weighted by molar-refractivity contribution is 7.27. The zero-order valence-electron chi connectivity index (χ0n) is 31.2. The highest BCUT2D eigenvalue weighted by atomic mass is 32.1. The minimum Gasteiger partial charge on any atom is -0.309 e. The van der Waals surface area contributed by atoms with Crippen LogP contribution in [0, 0.1) is 0 Å². The van der Waals surface area contributed by atoms with E-state index >= 15 is 0 Å². The Bertz CT molecular complexity index is 3500. The van der Waals surface area contributed by atoms with Gasteiger partial charge < -0.3 is 4.90 Å². The molecule has 12 rings (SSSR count). The minimum absolute atomic E-state index is 1.15. The second kappa shape index (κ2) is 13.5. The van der Waals surface area contributed by atoms with E-state index in [2.05, 4.69) is 205 Å².